The smallest absolute Gasteiger partial charge is 0.401 e. The van der Waals surface area contributed by atoms with Crippen molar-refractivity contribution in [2.75, 3.05) is 0 Å². The molecule has 1 aliphatic heterocycles. The van der Waals surface area contributed by atoms with Gasteiger partial charge < -0.3 is 9.47 Å². The first-order valence-corrected chi connectivity index (χ1v) is 6.98. The summed E-state index contributed by atoms with van der Waals surface area (Å²) in [5, 5.41) is 0. The van der Waals surface area contributed by atoms with E-state index in [0.717, 1.165) is 0 Å². The first-order chi connectivity index (χ1) is 8.62. The van der Waals surface area contributed by atoms with E-state index >= 15 is 0 Å². The molecule has 1 saturated heterocycles. The largest absolute Gasteiger partial charge is 0.461 e. The number of carbonyl (C=O) groups is 2. The van der Waals surface area contributed by atoms with E-state index in [4.69, 9.17) is 9.47 Å². The van der Waals surface area contributed by atoms with Crippen LogP contribution in [0.1, 0.15) is 27.7 Å². The molecular weight excluding hydrogens is 280 g/mol. The predicted molar refractivity (Wildman–Crippen MR) is 61.1 cm³/mol. The predicted octanol–water partition coefficient (Wildman–Crippen LogP) is -0.0816. The van der Waals surface area contributed by atoms with E-state index in [9.17, 15) is 18.0 Å². The summed E-state index contributed by atoms with van der Waals surface area (Å²) in [6.45, 7) is 6.29. The Balaban J connectivity index is 2.87. The van der Waals surface area contributed by atoms with Gasteiger partial charge in [0.1, 0.15) is 0 Å². The molecule has 9 heteroatoms. The first kappa shape index (κ1) is 15.9. The van der Waals surface area contributed by atoms with Crippen molar-refractivity contribution in [1.29, 1.82) is 0 Å². The average Bonchev–Trinajstić information content (AvgIpc) is 2.52. The maximum Gasteiger partial charge on any atom is 0.401 e. The molecule has 0 spiro atoms. The van der Waals surface area contributed by atoms with E-state index < -0.39 is 46.8 Å². The average molecular weight is 296 g/mol. The Morgan fingerprint density at radius 2 is 1.21 bits per heavy atom. The van der Waals surface area contributed by atoms with Gasteiger partial charge in [0.2, 0.25) is 12.2 Å². The van der Waals surface area contributed by atoms with Crippen LogP contribution in [0.3, 0.4) is 0 Å². The third-order valence-corrected chi connectivity index (χ3v) is 2.77. The summed E-state index contributed by atoms with van der Waals surface area (Å²) in [6, 6.07) is 0. The van der Waals surface area contributed by atoms with E-state index in [1.54, 1.807) is 27.7 Å². The van der Waals surface area contributed by atoms with Gasteiger partial charge in [-0.3, -0.25) is 0 Å². The Hall–Kier alpha value is -1.19. The molecule has 19 heavy (non-hydrogen) atoms. The fraction of sp³-hybridized carbons (Fsp3) is 0.800. The summed E-state index contributed by atoms with van der Waals surface area (Å²) >= 11 is 0. The van der Waals surface area contributed by atoms with Crippen LogP contribution in [0.4, 0.5) is 0 Å². The zero-order valence-corrected chi connectivity index (χ0v) is 11.8. The minimum Gasteiger partial charge on any atom is -0.461 e. The highest BCUT2D eigenvalue weighted by atomic mass is 32.3. The van der Waals surface area contributed by atoms with Crippen LogP contribution in [0.25, 0.3) is 0 Å². The normalized spacial score (nSPS) is 25.6. The van der Waals surface area contributed by atoms with Gasteiger partial charge in [0.15, 0.2) is 0 Å². The van der Waals surface area contributed by atoms with Crippen molar-refractivity contribution in [3.63, 3.8) is 0 Å². The number of rotatable bonds is 4. The highest BCUT2D eigenvalue weighted by Crippen LogP contribution is 2.23. The molecule has 1 rings (SSSR count). The third-order valence-electron chi connectivity index (χ3n) is 1.89. The van der Waals surface area contributed by atoms with Gasteiger partial charge in [-0.15, -0.1) is 0 Å². The van der Waals surface area contributed by atoms with Gasteiger partial charge in [-0.2, -0.15) is 8.42 Å². The maximum absolute atomic E-state index is 11.6. The second kappa shape index (κ2) is 5.85. The number of hydrogen-bond donors (Lipinski definition) is 0. The molecule has 0 radical (unpaired) electrons. The van der Waals surface area contributed by atoms with Crippen LogP contribution in [0, 0.1) is 0 Å². The zero-order chi connectivity index (χ0) is 14.8. The van der Waals surface area contributed by atoms with Gasteiger partial charge in [-0.1, -0.05) is 0 Å². The van der Waals surface area contributed by atoms with Gasteiger partial charge in [-0.25, -0.2) is 18.0 Å². The fourth-order valence-electron chi connectivity index (χ4n) is 1.30. The lowest BCUT2D eigenvalue weighted by atomic mass is 10.2. The summed E-state index contributed by atoms with van der Waals surface area (Å²) in [5.74, 6) is -2.00. The molecule has 0 saturated carbocycles. The monoisotopic (exact) mass is 296 g/mol. The van der Waals surface area contributed by atoms with Gasteiger partial charge in [0, 0.05) is 0 Å². The quantitative estimate of drug-likeness (QED) is 0.663. The van der Waals surface area contributed by atoms with Crippen LogP contribution in [0.2, 0.25) is 0 Å². The first-order valence-electron chi connectivity index (χ1n) is 5.65. The molecule has 8 nitrogen and oxygen atoms in total. The molecule has 1 heterocycles. The highest BCUT2D eigenvalue weighted by Gasteiger charge is 2.51. The fourth-order valence-corrected chi connectivity index (χ4v) is 2.21. The van der Waals surface area contributed by atoms with Crippen molar-refractivity contribution in [2.24, 2.45) is 0 Å². The molecule has 1 fully saturated rings. The summed E-state index contributed by atoms with van der Waals surface area (Å²) in [4.78, 5) is 23.3. The van der Waals surface area contributed by atoms with Crippen molar-refractivity contribution >= 4 is 22.3 Å². The standard InChI is InChI=1S/C10H16O8S/c1-5(2)15-9(11)7-8(10(12)16-6(3)4)18-19(13,14)17-7/h5-8H,1-4H3/t7-,8-/m0/s1. The van der Waals surface area contributed by atoms with E-state index in [0.29, 0.717) is 0 Å². The van der Waals surface area contributed by atoms with Gasteiger partial charge in [0.05, 0.1) is 12.2 Å². The Labute approximate surface area is 111 Å². The lowest BCUT2D eigenvalue weighted by molar-refractivity contribution is -0.167. The maximum atomic E-state index is 11.6. The van der Waals surface area contributed by atoms with Crippen molar-refractivity contribution in [1.82, 2.24) is 0 Å². The van der Waals surface area contributed by atoms with Crippen molar-refractivity contribution in [3.05, 3.63) is 0 Å². The Morgan fingerprint density at radius 1 is 0.895 bits per heavy atom. The molecule has 1 aliphatic rings. The molecule has 0 aliphatic carbocycles. The number of esters is 2. The topological polar surface area (TPSA) is 105 Å². The van der Waals surface area contributed by atoms with Crippen molar-refractivity contribution in [2.45, 2.75) is 52.1 Å². The lowest BCUT2D eigenvalue weighted by Crippen LogP contribution is -2.40. The Kier molecular flexibility index (Phi) is 4.88. The molecular formula is C10H16O8S. The van der Waals surface area contributed by atoms with E-state index in [1.807, 2.05) is 0 Å². The van der Waals surface area contributed by atoms with Gasteiger partial charge >= 0.3 is 22.3 Å². The van der Waals surface area contributed by atoms with Crippen molar-refractivity contribution < 1.29 is 35.8 Å². The van der Waals surface area contributed by atoms with Crippen LogP contribution in [-0.2, 0) is 37.8 Å². The molecule has 0 amide bonds. The van der Waals surface area contributed by atoms with Gasteiger partial charge in [-0.05, 0) is 27.7 Å². The molecule has 0 bridgehead atoms. The van der Waals surface area contributed by atoms with Crippen LogP contribution >= 0.6 is 0 Å². The minimum atomic E-state index is -4.41. The lowest BCUT2D eigenvalue weighted by Gasteiger charge is -2.16. The molecule has 0 aromatic rings. The number of carbonyl (C=O) groups excluding carboxylic acids is 2. The SMILES string of the molecule is CC(C)OC(=O)[C@H]1OS(=O)(=O)O[C@@H]1C(=O)OC(C)C. The zero-order valence-electron chi connectivity index (χ0n) is 11.0. The summed E-state index contributed by atoms with van der Waals surface area (Å²) in [6.07, 6.45) is -4.33. The summed E-state index contributed by atoms with van der Waals surface area (Å²) < 4.78 is 40.7. The van der Waals surface area contributed by atoms with E-state index in [1.165, 1.54) is 0 Å². The molecule has 0 aromatic heterocycles. The summed E-state index contributed by atoms with van der Waals surface area (Å²) in [7, 11) is -4.41. The Bertz CT molecular complexity index is 416. The molecule has 110 valence electrons. The minimum absolute atomic E-state index is 0.485. The third kappa shape index (κ3) is 4.44. The van der Waals surface area contributed by atoms with E-state index in [2.05, 4.69) is 8.37 Å². The van der Waals surface area contributed by atoms with Crippen LogP contribution in [-0.4, -0.2) is 44.8 Å². The Morgan fingerprint density at radius 3 is 1.47 bits per heavy atom. The molecule has 2 atom stereocenters. The highest BCUT2D eigenvalue weighted by molar-refractivity contribution is 7.82. The number of ether oxygens (including phenoxy) is 2. The number of hydrogen-bond acceptors (Lipinski definition) is 8. The van der Waals surface area contributed by atoms with Crippen LogP contribution < -0.4 is 0 Å². The summed E-state index contributed by atoms with van der Waals surface area (Å²) in [5.41, 5.74) is 0. The van der Waals surface area contributed by atoms with Crippen molar-refractivity contribution in [3.8, 4) is 0 Å². The van der Waals surface area contributed by atoms with E-state index in [-0.39, 0.29) is 0 Å². The molecule has 0 aromatic carbocycles. The molecule has 0 unspecified atom stereocenters. The van der Waals surface area contributed by atoms with Crippen LogP contribution in [0.15, 0.2) is 0 Å². The second-order valence-corrected chi connectivity index (χ2v) is 5.61. The van der Waals surface area contributed by atoms with Crippen LogP contribution in [0.5, 0.6) is 0 Å². The van der Waals surface area contributed by atoms with Gasteiger partial charge in [0.25, 0.3) is 0 Å². The second-order valence-electron chi connectivity index (χ2n) is 4.41. The molecule has 0 N–H and O–H groups in total.